The minimum atomic E-state index is -0.933. The molecule has 0 saturated heterocycles. The molecule has 0 amide bonds. The molecule has 4 unspecified atom stereocenters. The summed E-state index contributed by atoms with van der Waals surface area (Å²) >= 11 is 0. The summed E-state index contributed by atoms with van der Waals surface area (Å²) in [7, 11) is 1.46. The van der Waals surface area contributed by atoms with E-state index in [1.165, 1.54) is 64.0 Å². The Bertz CT molecular complexity index is 1390. The molecule has 4 atom stereocenters. The van der Waals surface area contributed by atoms with E-state index in [-0.39, 0.29) is 11.6 Å². The first-order chi connectivity index (χ1) is 25.0. The molecule has 0 aromatic heterocycles. The van der Waals surface area contributed by atoms with Gasteiger partial charge in [0.2, 0.25) is 0 Å². The Labute approximate surface area is 320 Å². The van der Waals surface area contributed by atoms with Crippen LogP contribution in [0, 0.1) is 38.5 Å². The van der Waals surface area contributed by atoms with Crippen LogP contribution in [-0.2, 0) is 16.0 Å². The van der Waals surface area contributed by atoms with Gasteiger partial charge in [0.25, 0.3) is 0 Å². The maximum Gasteiger partial charge on any atom is 0.338 e. The number of hydrogen-bond donors (Lipinski definition) is 4. The molecule has 0 saturated carbocycles. The Morgan fingerprint density at radius 2 is 1.38 bits per heavy atom. The van der Waals surface area contributed by atoms with Gasteiger partial charge in [0.1, 0.15) is 17.4 Å². The number of benzene rings is 2. The first kappa shape index (κ1) is 47.6. The van der Waals surface area contributed by atoms with Crippen molar-refractivity contribution in [1.82, 2.24) is 0 Å². The highest BCUT2D eigenvalue weighted by molar-refractivity contribution is 5.94. The lowest BCUT2D eigenvalue weighted by Gasteiger charge is -2.38. The number of carbonyl (C=O) groups is 3. The van der Waals surface area contributed by atoms with Crippen LogP contribution >= 0.6 is 0 Å². The van der Waals surface area contributed by atoms with Gasteiger partial charge in [-0.15, -0.1) is 0 Å². The van der Waals surface area contributed by atoms with Gasteiger partial charge < -0.3 is 31.2 Å². The van der Waals surface area contributed by atoms with E-state index in [1.807, 2.05) is 13.8 Å². The van der Waals surface area contributed by atoms with Crippen LogP contribution in [0.4, 0.5) is 0 Å². The molecule has 2 aromatic rings. The Kier molecular flexibility index (Phi) is 22.3. The Balaban J connectivity index is 0.000000598. The third kappa shape index (κ3) is 17.5. The van der Waals surface area contributed by atoms with Crippen molar-refractivity contribution in [1.29, 1.82) is 0 Å². The minimum absolute atomic E-state index is 0.117. The van der Waals surface area contributed by atoms with Crippen LogP contribution in [0.2, 0.25) is 0 Å². The van der Waals surface area contributed by atoms with Gasteiger partial charge in [0, 0.05) is 0 Å². The van der Waals surface area contributed by atoms with Gasteiger partial charge >= 0.3 is 17.9 Å². The van der Waals surface area contributed by atoms with E-state index in [2.05, 4.69) is 41.5 Å². The quantitative estimate of drug-likeness (QED) is 0.0811. The van der Waals surface area contributed by atoms with Gasteiger partial charge in [0.05, 0.1) is 18.2 Å². The lowest BCUT2D eigenvalue weighted by molar-refractivity contribution is -0.138. The van der Waals surface area contributed by atoms with Gasteiger partial charge in [-0.05, 0) is 125 Å². The lowest BCUT2D eigenvalue weighted by Crippen LogP contribution is -2.37. The molecule has 53 heavy (non-hydrogen) atoms. The Hall–Kier alpha value is -3.43. The second kappa shape index (κ2) is 24.8. The highest BCUT2D eigenvalue weighted by atomic mass is 16.5. The van der Waals surface area contributed by atoms with Crippen molar-refractivity contribution < 1.29 is 34.1 Å². The summed E-state index contributed by atoms with van der Waals surface area (Å²) in [5, 5.41) is 16.7. The highest BCUT2D eigenvalue weighted by Crippen LogP contribution is 2.43. The number of carboxylic acid groups (broad SMARTS) is 2. The fraction of sp³-hybridized carbons (Fsp3) is 0.659. The normalized spacial score (nSPS) is 16.5. The molecule has 1 aliphatic rings. The number of carbonyl (C=O) groups excluding carboxylic acids is 1. The fourth-order valence-electron chi connectivity index (χ4n) is 6.91. The fourth-order valence-corrected chi connectivity index (χ4v) is 6.91. The van der Waals surface area contributed by atoms with Crippen LogP contribution in [0.15, 0.2) is 30.3 Å². The number of esters is 1. The highest BCUT2D eigenvalue weighted by Gasteiger charge is 2.35. The van der Waals surface area contributed by atoms with Crippen molar-refractivity contribution in [3.8, 4) is 5.75 Å². The molecule has 0 spiro atoms. The van der Waals surface area contributed by atoms with Crippen molar-refractivity contribution >= 4 is 17.9 Å². The summed E-state index contributed by atoms with van der Waals surface area (Å²) in [6.07, 6.45) is 16.0. The molecule has 1 heterocycles. The third-order valence-corrected chi connectivity index (χ3v) is 10.6. The van der Waals surface area contributed by atoms with Gasteiger partial charge in [-0.25, -0.2) is 9.59 Å². The molecule has 300 valence electrons. The number of ether oxygens (including phenoxy) is 2. The van der Waals surface area contributed by atoms with Crippen LogP contribution in [0.5, 0.6) is 5.75 Å². The smallest absolute Gasteiger partial charge is 0.338 e. The van der Waals surface area contributed by atoms with E-state index in [1.54, 1.807) is 30.3 Å². The van der Waals surface area contributed by atoms with Gasteiger partial charge in [0.15, 0.2) is 0 Å². The summed E-state index contributed by atoms with van der Waals surface area (Å²) in [5.74, 6) is 1.45. The minimum Gasteiger partial charge on any atom is -0.487 e. The molecule has 3 rings (SSSR count). The van der Waals surface area contributed by atoms with Crippen molar-refractivity contribution in [2.24, 2.45) is 29.2 Å². The van der Waals surface area contributed by atoms with Crippen LogP contribution in [0.3, 0.4) is 0 Å². The predicted octanol–water partition coefficient (Wildman–Crippen LogP) is 9.83. The number of aliphatic carboxylic acids is 1. The van der Waals surface area contributed by atoms with Crippen molar-refractivity contribution in [3.05, 3.63) is 63.7 Å². The summed E-state index contributed by atoms with van der Waals surface area (Å²) < 4.78 is 11.7. The van der Waals surface area contributed by atoms with E-state index in [9.17, 15) is 14.4 Å². The van der Waals surface area contributed by atoms with Crippen LogP contribution < -0.4 is 16.2 Å². The van der Waals surface area contributed by atoms with Crippen LogP contribution in [0.25, 0.3) is 0 Å². The van der Waals surface area contributed by atoms with Gasteiger partial charge in [-0.3, -0.25) is 4.79 Å². The standard InChI is InChI=1S/C31H52O3.C7H6O2.C6H14N2O2/c1-21(2)13-10-14-22(3)15-11-16-23(4)17-12-19-31(8)20-18-27-26(7)28(30(32)33-9)24(5)25(6)29(27)34-31;8-7(9)6-4-2-1-3-5-6;7-4-2-1-3-5(8)6(9)10/h21-23H,10-20H2,1-9H3;1-5H,(H,8,9);5H,1-4,7-8H2,(H,9,10). The zero-order valence-electron chi connectivity index (χ0n) is 34.4. The molecule has 6 N–H and O–H groups in total. The maximum atomic E-state index is 12.3. The number of rotatable bonds is 19. The van der Waals surface area contributed by atoms with E-state index >= 15 is 0 Å². The summed E-state index contributed by atoms with van der Waals surface area (Å²) in [6.45, 7) is 18.5. The lowest BCUT2D eigenvalue weighted by atomic mass is 9.82. The van der Waals surface area contributed by atoms with E-state index in [4.69, 9.17) is 31.2 Å². The Morgan fingerprint density at radius 3 is 1.87 bits per heavy atom. The molecule has 0 fully saturated rings. The Morgan fingerprint density at radius 1 is 0.811 bits per heavy atom. The van der Waals surface area contributed by atoms with Crippen LogP contribution in [-0.4, -0.2) is 53.4 Å². The maximum absolute atomic E-state index is 12.3. The molecule has 9 heteroatoms. The first-order valence-corrected chi connectivity index (χ1v) is 19.8. The average molecular weight is 741 g/mol. The zero-order chi connectivity index (χ0) is 40.1. The molecule has 2 aromatic carbocycles. The second-order valence-corrected chi connectivity index (χ2v) is 15.9. The molecular formula is C44H72N2O7. The van der Waals surface area contributed by atoms with Crippen molar-refractivity contribution in [2.45, 2.75) is 157 Å². The van der Waals surface area contributed by atoms with Crippen molar-refractivity contribution in [3.63, 3.8) is 0 Å². The molecule has 1 aliphatic heterocycles. The van der Waals surface area contributed by atoms with Gasteiger partial charge in [-0.2, -0.15) is 0 Å². The molecule has 0 radical (unpaired) electrons. The van der Waals surface area contributed by atoms with Crippen molar-refractivity contribution in [2.75, 3.05) is 13.7 Å². The third-order valence-electron chi connectivity index (χ3n) is 10.6. The number of unbranched alkanes of at least 4 members (excludes halogenated alkanes) is 1. The largest absolute Gasteiger partial charge is 0.487 e. The second-order valence-electron chi connectivity index (χ2n) is 15.9. The molecule has 0 bridgehead atoms. The first-order valence-electron chi connectivity index (χ1n) is 19.8. The number of hydrogen-bond acceptors (Lipinski definition) is 7. The number of carboxylic acids is 2. The topological polar surface area (TPSA) is 162 Å². The summed E-state index contributed by atoms with van der Waals surface area (Å²) in [5.41, 5.74) is 15.6. The van der Waals surface area contributed by atoms with E-state index in [0.717, 1.165) is 72.3 Å². The number of fused-ring (bicyclic) bond motifs is 1. The SMILES string of the molecule is COC(=O)c1c(C)c(C)c2c(c1C)CCC(C)(CCCC(C)CCCC(C)CCCC(C)C)O2.NCCCCC(N)C(=O)O.O=C(O)c1ccccc1. The molecular weight excluding hydrogens is 668 g/mol. The van der Waals surface area contributed by atoms with Crippen LogP contribution in [0.1, 0.15) is 161 Å². The number of aromatic carboxylic acids is 1. The van der Waals surface area contributed by atoms with E-state index in [0.29, 0.717) is 24.1 Å². The van der Waals surface area contributed by atoms with E-state index < -0.39 is 18.0 Å². The molecule has 0 aliphatic carbocycles. The summed E-state index contributed by atoms with van der Waals surface area (Å²) in [6, 6.07) is 7.58. The molecule has 9 nitrogen and oxygen atoms in total. The van der Waals surface area contributed by atoms with Gasteiger partial charge in [-0.1, -0.05) is 97.3 Å². The zero-order valence-corrected chi connectivity index (χ0v) is 34.4. The summed E-state index contributed by atoms with van der Waals surface area (Å²) in [4.78, 5) is 32.7. The number of nitrogens with two attached hydrogens (primary N) is 2. The number of methoxy groups -OCH3 is 1. The monoisotopic (exact) mass is 741 g/mol. The predicted molar refractivity (Wildman–Crippen MR) is 216 cm³/mol. The average Bonchev–Trinajstić information content (AvgIpc) is 3.11.